The lowest BCUT2D eigenvalue weighted by Crippen LogP contribution is -2.40. The summed E-state index contributed by atoms with van der Waals surface area (Å²) in [6, 6.07) is 5.73. The Balaban J connectivity index is 2.04. The average molecular weight is 262 g/mol. The lowest BCUT2D eigenvalue weighted by atomic mass is 9.94. The number of hydrogen-bond donors (Lipinski definition) is 2. The van der Waals surface area contributed by atoms with Crippen molar-refractivity contribution in [3.05, 3.63) is 23.8 Å². The van der Waals surface area contributed by atoms with Crippen LogP contribution in [0.4, 0.5) is 5.69 Å². The summed E-state index contributed by atoms with van der Waals surface area (Å²) in [6.07, 6.45) is 4.50. The van der Waals surface area contributed by atoms with Crippen LogP contribution < -0.4 is 15.8 Å². The van der Waals surface area contributed by atoms with Gasteiger partial charge in [-0.15, -0.1) is 0 Å². The van der Waals surface area contributed by atoms with Gasteiger partial charge in [0.15, 0.2) is 0 Å². The summed E-state index contributed by atoms with van der Waals surface area (Å²) in [7, 11) is 1.60. The van der Waals surface area contributed by atoms with Crippen LogP contribution in [0.2, 0.25) is 0 Å². The van der Waals surface area contributed by atoms with Gasteiger partial charge in [0.05, 0.1) is 12.8 Å². The van der Waals surface area contributed by atoms with E-state index < -0.39 is 0 Å². The van der Waals surface area contributed by atoms with Crippen LogP contribution in [0.25, 0.3) is 0 Å². The number of anilines is 1. The molecule has 0 spiro atoms. The lowest BCUT2D eigenvalue weighted by molar-refractivity contribution is -0.117. The number of hydrogen-bond acceptors (Lipinski definition) is 3. The molecule has 104 valence electrons. The zero-order valence-electron chi connectivity index (χ0n) is 11.7. The molecule has 0 saturated heterocycles. The van der Waals surface area contributed by atoms with Crippen molar-refractivity contribution >= 4 is 11.6 Å². The number of aryl methyl sites for hydroxylation is 1. The number of carbonyl (C=O) groups excluding carboxylic acids is 1. The van der Waals surface area contributed by atoms with Crippen molar-refractivity contribution in [2.24, 2.45) is 5.73 Å². The summed E-state index contributed by atoms with van der Waals surface area (Å²) >= 11 is 0. The van der Waals surface area contributed by atoms with E-state index in [-0.39, 0.29) is 11.4 Å². The van der Waals surface area contributed by atoms with Gasteiger partial charge in [-0.2, -0.15) is 0 Å². The highest BCUT2D eigenvalue weighted by Crippen LogP contribution is 2.31. The molecule has 1 amide bonds. The number of amides is 1. The van der Waals surface area contributed by atoms with Crippen molar-refractivity contribution in [2.75, 3.05) is 12.4 Å². The molecule has 4 nitrogen and oxygen atoms in total. The van der Waals surface area contributed by atoms with Crippen molar-refractivity contribution in [3.63, 3.8) is 0 Å². The Bertz CT molecular complexity index is 465. The maximum absolute atomic E-state index is 12.1. The minimum atomic E-state index is -0.318. The van der Waals surface area contributed by atoms with Gasteiger partial charge < -0.3 is 15.8 Å². The Labute approximate surface area is 114 Å². The van der Waals surface area contributed by atoms with Crippen LogP contribution in [0.5, 0.6) is 5.75 Å². The van der Waals surface area contributed by atoms with E-state index in [9.17, 15) is 4.79 Å². The largest absolute Gasteiger partial charge is 0.495 e. The molecule has 0 aliphatic heterocycles. The number of rotatable bonds is 4. The predicted octanol–water partition coefficient (Wildman–Crippen LogP) is 2.60. The van der Waals surface area contributed by atoms with E-state index in [1.165, 1.54) is 0 Å². The van der Waals surface area contributed by atoms with Gasteiger partial charge >= 0.3 is 0 Å². The molecule has 1 fully saturated rings. The third-order valence-electron chi connectivity index (χ3n) is 3.74. The molecule has 4 heteroatoms. The number of nitrogens with one attached hydrogen (secondary N) is 1. The topological polar surface area (TPSA) is 64.3 Å². The average Bonchev–Trinajstić information content (AvgIpc) is 2.75. The third kappa shape index (κ3) is 3.47. The van der Waals surface area contributed by atoms with Gasteiger partial charge in [0, 0.05) is 12.0 Å². The first-order chi connectivity index (χ1) is 9.02. The van der Waals surface area contributed by atoms with E-state index in [0.717, 1.165) is 31.2 Å². The summed E-state index contributed by atoms with van der Waals surface area (Å²) in [5, 5.41) is 2.91. The van der Waals surface area contributed by atoms with Gasteiger partial charge in [-0.1, -0.05) is 18.9 Å². The molecule has 3 N–H and O–H groups in total. The number of nitrogens with two attached hydrogens (primary N) is 1. The van der Waals surface area contributed by atoms with E-state index in [0.29, 0.717) is 17.9 Å². The zero-order valence-corrected chi connectivity index (χ0v) is 11.7. The van der Waals surface area contributed by atoms with E-state index in [1.54, 1.807) is 7.11 Å². The van der Waals surface area contributed by atoms with Crippen molar-refractivity contribution in [1.29, 1.82) is 0 Å². The van der Waals surface area contributed by atoms with Crippen molar-refractivity contribution in [2.45, 2.75) is 44.6 Å². The van der Waals surface area contributed by atoms with Gasteiger partial charge in [-0.3, -0.25) is 4.79 Å². The Hall–Kier alpha value is -1.55. The second-order valence-corrected chi connectivity index (χ2v) is 5.50. The van der Waals surface area contributed by atoms with Crippen LogP contribution in [0.15, 0.2) is 18.2 Å². The summed E-state index contributed by atoms with van der Waals surface area (Å²) < 4.78 is 5.25. The molecule has 1 aliphatic rings. The molecular weight excluding hydrogens is 240 g/mol. The highest BCUT2D eigenvalue weighted by Gasteiger charge is 2.31. The summed E-state index contributed by atoms with van der Waals surface area (Å²) in [6.45, 7) is 1.98. The molecule has 19 heavy (non-hydrogen) atoms. The molecule has 0 bridgehead atoms. The van der Waals surface area contributed by atoms with Crippen LogP contribution in [0.3, 0.4) is 0 Å². The number of carbonyl (C=O) groups is 1. The number of ether oxygens (including phenoxy) is 1. The van der Waals surface area contributed by atoms with Crippen LogP contribution in [-0.2, 0) is 4.79 Å². The van der Waals surface area contributed by atoms with Crippen molar-refractivity contribution in [1.82, 2.24) is 0 Å². The fourth-order valence-corrected chi connectivity index (χ4v) is 2.69. The van der Waals surface area contributed by atoms with Crippen molar-refractivity contribution in [3.8, 4) is 5.75 Å². The van der Waals surface area contributed by atoms with Crippen LogP contribution in [0.1, 0.15) is 37.7 Å². The molecule has 0 unspecified atom stereocenters. The molecule has 0 radical (unpaired) electrons. The standard InChI is InChI=1S/C15H22N2O2/c1-11-5-6-13(19-2)12(9-11)17-14(18)10-15(16)7-3-4-8-15/h5-6,9H,3-4,7-8,10,16H2,1-2H3,(H,17,18). The Kier molecular flexibility index (Phi) is 4.10. The number of benzene rings is 1. The first-order valence-corrected chi connectivity index (χ1v) is 6.76. The Morgan fingerprint density at radius 2 is 2.11 bits per heavy atom. The highest BCUT2D eigenvalue weighted by atomic mass is 16.5. The second kappa shape index (κ2) is 5.61. The second-order valence-electron chi connectivity index (χ2n) is 5.50. The monoisotopic (exact) mass is 262 g/mol. The molecule has 0 heterocycles. The Morgan fingerprint density at radius 1 is 1.42 bits per heavy atom. The van der Waals surface area contributed by atoms with Gasteiger partial charge in [0.25, 0.3) is 0 Å². The minimum absolute atomic E-state index is 0.0340. The first-order valence-electron chi connectivity index (χ1n) is 6.76. The van der Waals surface area contributed by atoms with Crippen molar-refractivity contribution < 1.29 is 9.53 Å². The van der Waals surface area contributed by atoms with E-state index in [1.807, 2.05) is 25.1 Å². The minimum Gasteiger partial charge on any atom is -0.495 e. The SMILES string of the molecule is COc1ccc(C)cc1NC(=O)CC1(N)CCCC1. The molecular formula is C15H22N2O2. The molecule has 1 aromatic rings. The lowest BCUT2D eigenvalue weighted by Gasteiger charge is -2.22. The number of methoxy groups -OCH3 is 1. The molecule has 0 aromatic heterocycles. The molecule has 1 aromatic carbocycles. The van der Waals surface area contributed by atoms with Crippen LogP contribution in [0, 0.1) is 6.92 Å². The summed E-state index contributed by atoms with van der Waals surface area (Å²) in [4.78, 5) is 12.1. The van der Waals surface area contributed by atoms with E-state index in [4.69, 9.17) is 10.5 Å². The summed E-state index contributed by atoms with van der Waals surface area (Å²) in [5.41, 5.74) is 7.70. The van der Waals surface area contributed by atoms with Gasteiger partial charge in [0.2, 0.25) is 5.91 Å². The van der Waals surface area contributed by atoms with Gasteiger partial charge in [0.1, 0.15) is 5.75 Å². The summed E-state index contributed by atoms with van der Waals surface area (Å²) in [5.74, 6) is 0.643. The Morgan fingerprint density at radius 3 is 2.74 bits per heavy atom. The predicted molar refractivity (Wildman–Crippen MR) is 76.4 cm³/mol. The van der Waals surface area contributed by atoms with E-state index in [2.05, 4.69) is 5.32 Å². The third-order valence-corrected chi connectivity index (χ3v) is 3.74. The zero-order chi connectivity index (χ0) is 13.9. The van der Waals surface area contributed by atoms with E-state index >= 15 is 0 Å². The van der Waals surface area contributed by atoms with Crippen LogP contribution in [-0.4, -0.2) is 18.6 Å². The maximum Gasteiger partial charge on any atom is 0.226 e. The molecule has 1 aliphatic carbocycles. The van der Waals surface area contributed by atoms with Crippen LogP contribution >= 0.6 is 0 Å². The quantitative estimate of drug-likeness (QED) is 0.876. The van der Waals surface area contributed by atoms with Gasteiger partial charge in [-0.05, 0) is 37.5 Å². The molecule has 0 atom stereocenters. The maximum atomic E-state index is 12.1. The highest BCUT2D eigenvalue weighted by molar-refractivity contribution is 5.93. The molecule has 1 saturated carbocycles. The normalized spacial score (nSPS) is 17.2. The fourth-order valence-electron chi connectivity index (χ4n) is 2.69. The molecule has 2 rings (SSSR count). The fraction of sp³-hybridized carbons (Fsp3) is 0.533. The first kappa shape index (κ1) is 13.9. The smallest absolute Gasteiger partial charge is 0.226 e. The van der Waals surface area contributed by atoms with Gasteiger partial charge in [-0.25, -0.2) is 0 Å².